The monoisotopic (exact) mass is 469 g/mol. The van der Waals surface area contributed by atoms with Crippen molar-refractivity contribution in [2.24, 2.45) is 0 Å². The molecule has 0 bridgehead atoms. The maximum Gasteiger partial charge on any atom is 0.259 e. The number of carbonyl (C=O) groups excluding carboxylic acids is 2. The molecule has 0 spiro atoms. The third-order valence-electron chi connectivity index (χ3n) is 5.65. The van der Waals surface area contributed by atoms with Crippen molar-refractivity contribution in [2.45, 2.75) is 25.0 Å². The predicted octanol–water partition coefficient (Wildman–Crippen LogP) is 2.28. The number of aromatic amines is 1. The van der Waals surface area contributed by atoms with Gasteiger partial charge >= 0.3 is 0 Å². The molecule has 1 aromatic carbocycles. The quantitative estimate of drug-likeness (QED) is 0.511. The van der Waals surface area contributed by atoms with Gasteiger partial charge in [0.15, 0.2) is 0 Å². The number of aromatic nitrogens is 2. The Morgan fingerprint density at radius 3 is 2.88 bits per heavy atom. The van der Waals surface area contributed by atoms with Crippen LogP contribution in [-0.4, -0.2) is 47.2 Å². The average Bonchev–Trinajstić information content (AvgIpc) is 3.35. The van der Waals surface area contributed by atoms with E-state index in [1.54, 1.807) is 11.3 Å². The second-order valence-corrected chi connectivity index (χ2v) is 9.98. The van der Waals surface area contributed by atoms with Crippen molar-refractivity contribution in [1.82, 2.24) is 15.3 Å². The molecule has 1 fully saturated rings. The number of thiophene rings is 1. The van der Waals surface area contributed by atoms with E-state index in [2.05, 4.69) is 20.6 Å². The van der Waals surface area contributed by atoms with Crippen molar-refractivity contribution in [2.75, 3.05) is 35.6 Å². The van der Waals surface area contributed by atoms with Crippen LogP contribution in [0, 0.1) is 0 Å². The Kier molecular flexibility index (Phi) is 5.88. The molecule has 32 heavy (non-hydrogen) atoms. The van der Waals surface area contributed by atoms with Crippen LogP contribution in [0.2, 0.25) is 0 Å². The lowest BCUT2D eigenvalue weighted by molar-refractivity contribution is -0.120. The Morgan fingerprint density at radius 2 is 2.06 bits per heavy atom. The fraction of sp³-hybridized carbons (Fsp3) is 0.364. The highest BCUT2D eigenvalue weighted by Gasteiger charge is 2.21. The highest BCUT2D eigenvalue weighted by molar-refractivity contribution is 7.99. The summed E-state index contributed by atoms with van der Waals surface area (Å²) in [5.41, 5.74) is 2.77. The van der Waals surface area contributed by atoms with E-state index in [9.17, 15) is 14.4 Å². The number of nitrogens with one attached hydrogen (secondary N) is 3. The van der Waals surface area contributed by atoms with Gasteiger partial charge in [-0.3, -0.25) is 14.4 Å². The fourth-order valence-electron chi connectivity index (χ4n) is 4.17. The normalized spacial score (nSPS) is 15.6. The Balaban J connectivity index is 1.14. The van der Waals surface area contributed by atoms with Crippen LogP contribution in [0.25, 0.3) is 10.2 Å². The first-order valence-electron chi connectivity index (χ1n) is 10.6. The molecule has 0 radical (unpaired) electrons. The number of hydrogen-bond donors (Lipinski definition) is 3. The molecule has 0 atom stereocenters. The molecule has 5 rings (SSSR count). The van der Waals surface area contributed by atoms with E-state index in [-0.39, 0.29) is 23.1 Å². The molecule has 0 saturated carbocycles. The molecule has 10 heteroatoms. The lowest BCUT2D eigenvalue weighted by Gasteiger charge is -2.28. The van der Waals surface area contributed by atoms with Gasteiger partial charge in [-0.2, -0.15) is 0 Å². The summed E-state index contributed by atoms with van der Waals surface area (Å²) >= 11 is 3.04. The van der Waals surface area contributed by atoms with Crippen LogP contribution in [0.1, 0.15) is 22.7 Å². The molecular formula is C22H23N5O3S2. The summed E-state index contributed by atoms with van der Waals surface area (Å²) in [7, 11) is 0. The number of fused-ring (bicyclic) bond motifs is 3. The third kappa shape index (κ3) is 4.37. The molecule has 3 aromatic rings. The van der Waals surface area contributed by atoms with E-state index in [1.165, 1.54) is 22.2 Å². The predicted molar refractivity (Wildman–Crippen MR) is 129 cm³/mol. The molecule has 3 heterocycles. The first kappa shape index (κ1) is 21.0. The highest BCUT2D eigenvalue weighted by atomic mass is 32.2. The van der Waals surface area contributed by atoms with Crippen molar-refractivity contribution in [3.63, 3.8) is 0 Å². The number of rotatable bonds is 6. The molecule has 2 aliphatic rings. The van der Waals surface area contributed by atoms with Crippen molar-refractivity contribution in [3.8, 4) is 0 Å². The third-order valence-corrected chi connectivity index (χ3v) is 7.78. The fourth-order valence-corrected chi connectivity index (χ4v) is 6.14. The van der Waals surface area contributed by atoms with Gasteiger partial charge in [0, 0.05) is 29.3 Å². The summed E-state index contributed by atoms with van der Waals surface area (Å²) in [6.45, 7) is 1.75. The second-order valence-electron chi connectivity index (χ2n) is 7.91. The van der Waals surface area contributed by atoms with Crippen molar-refractivity contribution >= 4 is 56.5 Å². The first-order valence-corrected chi connectivity index (χ1v) is 12.6. The maximum atomic E-state index is 12.5. The van der Waals surface area contributed by atoms with Gasteiger partial charge in [-0.1, -0.05) is 0 Å². The van der Waals surface area contributed by atoms with E-state index in [0.29, 0.717) is 30.4 Å². The summed E-state index contributed by atoms with van der Waals surface area (Å²) in [4.78, 5) is 48.0. The van der Waals surface area contributed by atoms with Gasteiger partial charge in [0.1, 0.15) is 10.7 Å². The summed E-state index contributed by atoms with van der Waals surface area (Å²) in [5.74, 6) is 1.24. The highest BCUT2D eigenvalue weighted by Crippen LogP contribution is 2.34. The molecular weight excluding hydrogens is 446 g/mol. The largest absolute Gasteiger partial charge is 0.360 e. The number of carbonyl (C=O) groups is 2. The molecule has 2 aromatic heterocycles. The van der Waals surface area contributed by atoms with E-state index in [0.717, 1.165) is 41.7 Å². The summed E-state index contributed by atoms with van der Waals surface area (Å²) in [5, 5.41) is 6.45. The number of benzene rings is 1. The first-order chi connectivity index (χ1) is 15.6. The van der Waals surface area contributed by atoms with E-state index in [1.807, 2.05) is 29.2 Å². The topological polar surface area (TPSA) is 107 Å². The Labute approximate surface area is 192 Å². The molecule has 1 saturated heterocycles. The maximum absolute atomic E-state index is 12.5. The van der Waals surface area contributed by atoms with E-state index in [4.69, 9.17) is 0 Å². The average molecular weight is 470 g/mol. The van der Waals surface area contributed by atoms with Crippen LogP contribution in [0.4, 0.5) is 11.4 Å². The molecule has 166 valence electrons. The van der Waals surface area contributed by atoms with Crippen molar-refractivity contribution in [3.05, 3.63) is 50.9 Å². The van der Waals surface area contributed by atoms with E-state index < -0.39 is 0 Å². The van der Waals surface area contributed by atoms with Gasteiger partial charge < -0.3 is 20.5 Å². The second kappa shape index (κ2) is 8.95. The number of anilines is 2. The van der Waals surface area contributed by atoms with Crippen LogP contribution in [0.15, 0.2) is 29.1 Å². The smallest absolute Gasteiger partial charge is 0.259 e. The molecule has 2 amide bonds. The number of piperazine rings is 1. The van der Waals surface area contributed by atoms with E-state index >= 15 is 0 Å². The minimum Gasteiger partial charge on any atom is -0.360 e. The minimum absolute atomic E-state index is 0.0174. The van der Waals surface area contributed by atoms with Gasteiger partial charge in [-0.15, -0.1) is 23.1 Å². The summed E-state index contributed by atoms with van der Waals surface area (Å²) in [6, 6.07) is 7.49. The zero-order valence-corrected chi connectivity index (χ0v) is 19.0. The standard InChI is InChI=1S/C22H23N5O3S2/c28-18-10-27(9-8-23-18)14-6-4-13(5-7-14)24-19(29)12-31-11-17-25-21(30)20-15-2-1-3-16(15)32-22(20)26-17/h4-7H,1-3,8-12H2,(H,23,28)(H,24,29)(H,25,26,30). The zero-order valence-electron chi connectivity index (χ0n) is 17.4. The molecule has 1 aliphatic carbocycles. The number of aryl methyl sites for hydroxylation is 2. The molecule has 8 nitrogen and oxygen atoms in total. The number of H-pyrrole nitrogens is 1. The van der Waals surface area contributed by atoms with Crippen LogP contribution < -0.4 is 21.1 Å². The Bertz CT molecular complexity index is 1230. The van der Waals surface area contributed by atoms with Crippen LogP contribution >= 0.6 is 23.1 Å². The molecule has 3 N–H and O–H groups in total. The van der Waals surface area contributed by atoms with Gasteiger partial charge in [-0.25, -0.2) is 4.98 Å². The van der Waals surface area contributed by atoms with Gasteiger partial charge in [0.25, 0.3) is 5.56 Å². The minimum atomic E-state index is -0.112. The summed E-state index contributed by atoms with van der Waals surface area (Å²) in [6.07, 6.45) is 3.11. The number of thioether (sulfide) groups is 1. The zero-order chi connectivity index (χ0) is 22.1. The van der Waals surface area contributed by atoms with Crippen LogP contribution in [-0.2, 0) is 28.2 Å². The van der Waals surface area contributed by atoms with Gasteiger partial charge in [0.05, 0.1) is 23.4 Å². The van der Waals surface area contributed by atoms with Gasteiger partial charge in [0.2, 0.25) is 11.8 Å². The lowest BCUT2D eigenvalue weighted by atomic mass is 10.2. The Hall–Kier alpha value is -2.85. The molecule has 0 unspecified atom stereocenters. The van der Waals surface area contributed by atoms with Crippen molar-refractivity contribution in [1.29, 1.82) is 0 Å². The molecule has 1 aliphatic heterocycles. The van der Waals surface area contributed by atoms with Gasteiger partial charge in [-0.05, 0) is 49.1 Å². The number of amides is 2. The SMILES string of the molecule is O=C1CN(c2ccc(NC(=O)CSCc3nc4sc5c(c4c(=O)[nH]3)CCC5)cc2)CCN1. The number of nitrogens with zero attached hydrogens (tertiary/aromatic N) is 2. The van der Waals surface area contributed by atoms with Crippen LogP contribution in [0.3, 0.4) is 0 Å². The van der Waals surface area contributed by atoms with Crippen molar-refractivity contribution < 1.29 is 9.59 Å². The lowest BCUT2D eigenvalue weighted by Crippen LogP contribution is -2.47. The Morgan fingerprint density at radius 1 is 1.22 bits per heavy atom. The van der Waals surface area contributed by atoms with Crippen LogP contribution in [0.5, 0.6) is 0 Å². The summed E-state index contributed by atoms with van der Waals surface area (Å²) < 4.78 is 0. The number of hydrogen-bond acceptors (Lipinski definition) is 7.